The van der Waals surface area contributed by atoms with E-state index in [1.54, 1.807) is 54.5 Å². The second kappa shape index (κ2) is 13.6. The Bertz CT molecular complexity index is 1850. The van der Waals surface area contributed by atoms with Gasteiger partial charge in [-0.25, -0.2) is 9.97 Å². The Morgan fingerprint density at radius 3 is 2.02 bits per heavy atom. The molecular formula is C38H33N3O5S. The molecule has 4 atom stereocenters. The number of thioether (sulfide) groups is 1. The van der Waals surface area contributed by atoms with E-state index in [9.17, 15) is 14.7 Å². The van der Waals surface area contributed by atoms with Gasteiger partial charge in [-0.3, -0.25) is 14.5 Å². The number of carbonyl (C=O) groups is 2. The first-order valence-corrected chi connectivity index (χ1v) is 16.5. The number of imide groups is 1. The number of hydrogen-bond donors (Lipinski definition) is 1. The summed E-state index contributed by atoms with van der Waals surface area (Å²) in [5, 5.41) is 10.3. The highest BCUT2D eigenvalue weighted by molar-refractivity contribution is 7.99. The smallest absolute Gasteiger partial charge is 0.261 e. The Hall–Kier alpha value is -4.67. The number of aromatic nitrogens is 2. The molecule has 2 aliphatic rings. The first-order chi connectivity index (χ1) is 23.0. The van der Waals surface area contributed by atoms with Gasteiger partial charge >= 0.3 is 0 Å². The molecule has 9 heteroatoms. The molecule has 1 aromatic heterocycles. The van der Waals surface area contributed by atoms with E-state index in [1.807, 2.05) is 72.8 Å². The van der Waals surface area contributed by atoms with Crippen LogP contribution in [0.2, 0.25) is 0 Å². The molecule has 8 nitrogen and oxygen atoms in total. The van der Waals surface area contributed by atoms with Crippen molar-refractivity contribution in [1.82, 2.24) is 14.9 Å². The SMILES string of the molecule is CC1C(CSc2ncccn2)OC(c2ccc(-c3ccccc3CN3C(=O)c4ccccc4C3=O)cc2)OC1c1ccc(CO)cc1. The van der Waals surface area contributed by atoms with Gasteiger partial charge in [-0.2, -0.15) is 0 Å². The topological polar surface area (TPSA) is 102 Å². The number of hydrogen-bond acceptors (Lipinski definition) is 8. The van der Waals surface area contributed by atoms with E-state index >= 15 is 0 Å². The number of aliphatic hydroxyl groups is 1. The van der Waals surface area contributed by atoms with Crippen LogP contribution in [0.3, 0.4) is 0 Å². The minimum atomic E-state index is -0.612. The van der Waals surface area contributed by atoms with Gasteiger partial charge in [0.25, 0.3) is 11.8 Å². The van der Waals surface area contributed by atoms with Crippen LogP contribution in [0, 0.1) is 5.92 Å². The molecule has 4 unspecified atom stereocenters. The predicted molar refractivity (Wildman–Crippen MR) is 178 cm³/mol. The molecule has 4 aromatic carbocycles. The van der Waals surface area contributed by atoms with Crippen molar-refractivity contribution in [1.29, 1.82) is 0 Å². The van der Waals surface area contributed by atoms with Crippen molar-refractivity contribution in [2.75, 3.05) is 5.75 Å². The summed E-state index contributed by atoms with van der Waals surface area (Å²) < 4.78 is 13.2. The average Bonchev–Trinajstić information content (AvgIpc) is 3.37. The van der Waals surface area contributed by atoms with Crippen LogP contribution >= 0.6 is 11.8 Å². The maximum atomic E-state index is 13.1. The zero-order valence-corrected chi connectivity index (χ0v) is 26.5. The molecule has 3 heterocycles. The summed E-state index contributed by atoms with van der Waals surface area (Å²) in [6, 6.07) is 32.5. The third-order valence-electron chi connectivity index (χ3n) is 8.76. The molecule has 1 N–H and O–H groups in total. The monoisotopic (exact) mass is 643 g/mol. The van der Waals surface area contributed by atoms with E-state index in [0.717, 1.165) is 33.4 Å². The summed E-state index contributed by atoms with van der Waals surface area (Å²) in [5.74, 6) is 0.141. The molecule has 0 bridgehead atoms. The molecule has 0 saturated carbocycles. The van der Waals surface area contributed by atoms with Crippen molar-refractivity contribution in [2.45, 2.75) is 43.7 Å². The Balaban J connectivity index is 1.13. The van der Waals surface area contributed by atoms with Gasteiger partial charge in [0.1, 0.15) is 0 Å². The number of benzene rings is 4. The normalized spacial score (nSPS) is 20.8. The number of ether oxygens (including phenoxy) is 2. The zero-order chi connectivity index (χ0) is 32.3. The van der Waals surface area contributed by atoms with Crippen LogP contribution in [0.1, 0.15) is 62.3 Å². The van der Waals surface area contributed by atoms with Crippen molar-refractivity contribution < 1.29 is 24.2 Å². The van der Waals surface area contributed by atoms with Crippen LogP contribution in [-0.2, 0) is 22.6 Å². The van der Waals surface area contributed by atoms with E-state index in [4.69, 9.17) is 9.47 Å². The minimum absolute atomic E-state index is 0.0167. The predicted octanol–water partition coefficient (Wildman–Crippen LogP) is 7.02. The molecule has 1 saturated heterocycles. The van der Waals surface area contributed by atoms with Crippen molar-refractivity contribution in [3.8, 4) is 11.1 Å². The highest BCUT2D eigenvalue weighted by atomic mass is 32.2. The quantitative estimate of drug-likeness (QED) is 0.104. The van der Waals surface area contributed by atoms with E-state index in [-0.39, 0.29) is 43.1 Å². The van der Waals surface area contributed by atoms with Crippen molar-refractivity contribution >= 4 is 23.6 Å². The molecule has 5 aromatic rings. The lowest BCUT2D eigenvalue weighted by Crippen LogP contribution is -2.38. The summed E-state index contributed by atoms with van der Waals surface area (Å²) in [7, 11) is 0. The van der Waals surface area contributed by atoms with E-state index < -0.39 is 6.29 Å². The van der Waals surface area contributed by atoms with Crippen LogP contribution in [0.25, 0.3) is 11.1 Å². The summed E-state index contributed by atoms with van der Waals surface area (Å²) in [4.78, 5) is 36.2. The zero-order valence-electron chi connectivity index (χ0n) is 25.7. The summed E-state index contributed by atoms with van der Waals surface area (Å²) in [5.41, 5.74) is 6.39. The van der Waals surface area contributed by atoms with Crippen molar-refractivity contribution in [3.63, 3.8) is 0 Å². The van der Waals surface area contributed by atoms with Gasteiger partial charge in [-0.1, -0.05) is 104 Å². The third-order valence-corrected chi connectivity index (χ3v) is 9.72. The fourth-order valence-corrected chi connectivity index (χ4v) is 7.11. The lowest BCUT2D eigenvalue weighted by molar-refractivity contribution is -0.268. The maximum Gasteiger partial charge on any atom is 0.261 e. The summed E-state index contributed by atoms with van der Waals surface area (Å²) >= 11 is 1.55. The lowest BCUT2D eigenvalue weighted by atomic mass is 9.91. The summed E-state index contributed by atoms with van der Waals surface area (Å²) in [6.07, 6.45) is 2.47. The van der Waals surface area contributed by atoms with Gasteiger partial charge in [-0.05, 0) is 46.0 Å². The fraction of sp³-hybridized carbons (Fsp3) is 0.211. The Morgan fingerprint density at radius 2 is 1.36 bits per heavy atom. The van der Waals surface area contributed by atoms with Gasteiger partial charge in [0.2, 0.25) is 0 Å². The first-order valence-electron chi connectivity index (χ1n) is 15.5. The van der Waals surface area contributed by atoms with E-state index in [1.165, 1.54) is 4.90 Å². The molecule has 2 amide bonds. The number of aliphatic hydroxyl groups excluding tert-OH is 1. The number of nitrogens with zero attached hydrogens (tertiary/aromatic N) is 3. The van der Waals surface area contributed by atoms with Crippen LogP contribution in [0.4, 0.5) is 0 Å². The molecule has 1 fully saturated rings. The highest BCUT2D eigenvalue weighted by Gasteiger charge is 2.39. The maximum absolute atomic E-state index is 13.1. The van der Waals surface area contributed by atoms with Gasteiger partial charge in [0.15, 0.2) is 11.4 Å². The molecule has 0 radical (unpaired) electrons. The molecular weight excluding hydrogens is 611 g/mol. The van der Waals surface area contributed by atoms with Gasteiger partial charge < -0.3 is 14.6 Å². The Kier molecular flexibility index (Phi) is 8.95. The lowest BCUT2D eigenvalue weighted by Gasteiger charge is -2.41. The second-order valence-corrected chi connectivity index (χ2v) is 12.7. The molecule has 7 rings (SSSR count). The van der Waals surface area contributed by atoms with Crippen molar-refractivity contribution in [3.05, 3.63) is 149 Å². The first kappa shape index (κ1) is 31.0. The number of carbonyl (C=O) groups excluding carboxylic acids is 2. The average molecular weight is 644 g/mol. The fourth-order valence-electron chi connectivity index (χ4n) is 6.14. The molecule has 0 spiro atoms. The second-order valence-electron chi connectivity index (χ2n) is 11.7. The van der Waals surface area contributed by atoms with Gasteiger partial charge in [-0.15, -0.1) is 0 Å². The van der Waals surface area contributed by atoms with E-state index in [0.29, 0.717) is 22.0 Å². The Labute approximate surface area is 277 Å². The molecule has 2 aliphatic heterocycles. The Morgan fingerprint density at radius 1 is 0.745 bits per heavy atom. The standard InChI is InChI=1S/C38H33N3O5S/c1-24-33(23-47-38-39-19-6-20-40-38)45-37(46-34(24)27-13-11-25(22-42)12-14-27)28-17-15-26(16-18-28)30-8-3-2-7-29(30)21-41-35(43)31-9-4-5-10-32(31)36(41)44/h2-20,24,33-34,37,42H,21-23H2,1H3. The number of rotatable bonds is 9. The molecule has 236 valence electrons. The summed E-state index contributed by atoms with van der Waals surface area (Å²) in [6.45, 7) is 2.29. The van der Waals surface area contributed by atoms with Crippen LogP contribution < -0.4 is 0 Å². The number of fused-ring (bicyclic) bond motifs is 1. The largest absolute Gasteiger partial charge is 0.392 e. The van der Waals surface area contributed by atoms with Gasteiger partial charge in [0, 0.05) is 29.6 Å². The van der Waals surface area contributed by atoms with Crippen molar-refractivity contribution in [2.24, 2.45) is 5.92 Å². The van der Waals surface area contributed by atoms with E-state index in [2.05, 4.69) is 16.9 Å². The number of amides is 2. The van der Waals surface area contributed by atoms with Gasteiger partial charge in [0.05, 0.1) is 36.5 Å². The van der Waals surface area contributed by atoms with Crippen LogP contribution in [0.5, 0.6) is 0 Å². The molecule has 0 aliphatic carbocycles. The highest BCUT2D eigenvalue weighted by Crippen LogP contribution is 2.43. The minimum Gasteiger partial charge on any atom is -0.392 e. The van der Waals surface area contributed by atoms with Crippen LogP contribution in [0.15, 0.2) is 121 Å². The van der Waals surface area contributed by atoms with Crippen LogP contribution in [-0.4, -0.2) is 43.6 Å². The molecule has 47 heavy (non-hydrogen) atoms. The third kappa shape index (κ3) is 6.35.